The molecule has 0 atom stereocenters. The third-order valence-electron chi connectivity index (χ3n) is 3.04. The van der Waals surface area contributed by atoms with Gasteiger partial charge in [0, 0.05) is 30.7 Å². The van der Waals surface area contributed by atoms with E-state index in [1.807, 2.05) is 13.0 Å². The Kier molecular flexibility index (Phi) is 4.35. The summed E-state index contributed by atoms with van der Waals surface area (Å²) in [6.45, 7) is 2.36. The number of hydrogen-bond acceptors (Lipinski definition) is 3. The number of furan rings is 1. The van der Waals surface area contributed by atoms with E-state index in [4.69, 9.17) is 21.8 Å². The molecule has 0 aliphatic heterocycles. The van der Waals surface area contributed by atoms with Gasteiger partial charge in [0.25, 0.3) is 5.91 Å². The molecule has 0 fully saturated rings. The molecule has 0 spiro atoms. The summed E-state index contributed by atoms with van der Waals surface area (Å²) in [6.07, 6.45) is 0.762. The molecule has 20 heavy (non-hydrogen) atoms. The smallest absolute Gasteiger partial charge is 0.289 e. The Labute approximate surface area is 123 Å². The van der Waals surface area contributed by atoms with Gasteiger partial charge >= 0.3 is 0 Å². The molecule has 4 nitrogen and oxygen atoms in total. The highest BCUT2D eigenvalue weighted by Gasteiger charge is 2.17. The van der Waals surface area contributed by atoms with Crippen LogP contribution < -0.4 is 5.73 Å². The number of aryl methyl sites for hydroxylation is 1. The number of nitrogen functional groups attached to an aromatic ring is 1. The maximum absolute atomic E-state index is 12.2. The largest absolute Gasteiger partial charge is 0.456 e. The SMILES string of the molecule is CCc1ccc(C(=O)N(C)Cc2cc(N)ccc2Cl)o1. The third kappa shape index (κ3) is 3.14. The molecule has 2 rings (SSSR count). The van der Waals surface area contributed by atoms with Crippen LogP contribution in [0.5, 0.6) is 0 Å². The van der Waals surface area contributed by atoms with Crippen LogP contribution in [0.4, 0.5) is 5.69 Å². The standard InChI is InChI=1S/C15H17ClN2O2/c1-3-12-5-7-14(20-12)15(19)18(2)9-10-8-11(17)4-6-13(10)16/h4-8H,3,9,17H2,1-2H3. The Balaban J connectivity index is 2.13. The summed E-state index contributed by atoms with van der Waals surface area (Å²) < 4.78 is 5.46. The molecule has 1 amide bonds. The molecule has 0 bridgehead atoms. The highest BCUT2D eigenvalue weighted by molar-refractivity contribution is 6.31. The minimum absolute atomic E-state index is 0.178. The number of hydrogen-bond donors (Lipinski definition) is 1. The fourth-order valence-electron chi connectivity index (χ4n) is 1.91. The van der Waals surface area contributed by atoms with Gasteiger partial charge in [-0.05, 0) is 35.9 Å². The Morgan fingerprint density at radius 1 is 1.35 bits per heavy atom. The van der Waals surface area contributed by atoms with Crippen molar-refractivity contribution in [3.63, 3.8) is 0 Å². The lowest BCUT2D eigenvalue weighted by molar-refractivity contribution is 0.0751. The van der Waals surface area contributed by atoms with E-state index in [1.165, 1.54) is 0 Å². The van der Waals surface area contributed by atoms with Crippen molar-refractivity contribution in [2.24, 2.45) is 0 Å². The van der Waals surface area contributed by atoms with Crippen LogP contribution in [0.3, 0.4) is 0 Å². The summed E-state index contributed by atoms with van der Waals surface area (Å²) in [5.41, 5.74) is 7.16. The molecular formula is C15H17ClN2O2. The van der Waals surface area contributed by atoms with Crippen molar-refractivity contribution >= 4 is 23.2 Å². The van der Waals surface area contributed by atoms with E-state index >= 15 is 0 Å². The van der Waals surface area contributed by atoms with Crippen molar-refractivity contribution in [1.82, 2.24) is 4.90 Å². The van der Waals surface area contributed by atoms with E-state index < -0.39 is 0 Å². The fourth-order valence-corrected chi connectivity index (χ4v) is 2.09. The van der Waals surface area contributed by atoms with Crippen LogP contribution in [0.1, 0.15) is 28.8 Å². The molecule has 106 valence electrons. The topological polar surface area (TPSA) is 59.5 Å². The van der Waals surface area contributed by atoms with Crippen LogP contribution in [0, 0.1) is 0 Å². The Bertz CT molecular complexity index is 622. The number of halogens is 1. The van der Waals surface area contributed by atoms with Crippen molar-refractivity contribution in [2.45, 2.75) is 19.9 Å². The fraction of sp³-hybridized carbons (Fsp3) is 0.267. The summed E-state index contributed by atoms with van der Waals surface area (Å²) in [5.74, 6) is 0.955. The lowest BCUT2D eigenvalue weighted by atomic mass is 10.2. The monoisotopic (exact) mass is 292 g/mol. The number of carbonyl (C=O) groups excluding carboxylic acids is 1. The first kappa shape index (κ1) is 14.5. The summed E-state index contributed by atoms with van der Waals surface area (Å²) in [6, 6.07) is 8.74. The predicted molar refractivity (Wildman–Crippen MR) is 79.7 cm³/mol. The van der Waals surface area contributed by atoms with Crippen molar-refractivity contribution in [1.29, 1.82) is 0 Å². The average molecular weight is 293 g/mol. The molecule has 0 saturated carbocycles. The number of benzene rings is 1. The average Bonchev–Trinajstić information content (AvgIpc) is 2.90. The Morgan fingerprint density at radius 2 is 2.10 bits per heavy atom. The molecule has 1 aromatic carbocycles. The number of anilines is 1. The summed E-state index contributed by atoms with van der Waals surface area (Å²) in [7, 11) is 1.70. The summed E-state index contributed by atoms with van der Waals surface area (Å²) in [4.78, 5) is 13.8. The second kappa shape index (κ2) is 6.01. The van der Waals surface area contributed by atoms with Crippen molar-refractivity contribution in [2.75, 3.05) is 12.8 Å². The summed E-state index contributed by atoms with van der Waals surface area (Å²) in [5, 5.41) is 0.590. The molecule has 2 aromatic rings. The molecule has 0 saturated heterocycles. The van der Waals surface area contributed by atoms with Gasteiger partial charge in [-0.2, -0.15) is 0 Å². The maximum Gasteiger partial charge on any atom is 0.289 e. The van der Waals surface area contributed by atoms with Crippen LogP contribution in [-0.2, 0) is 13.0 Å². The van der Waals surface area contributed by atoms with Gasteiger partial charge in [-0.25, -0.2) is 0 Å². The zero-order valence-corrected chi connectivity index (χ0v) is 12.3. The van der Waals surface area contributed by atoms with Gasteiger partial charge in [-0.1, -0.05) is 18.5 Å². The predicted octanol–water partition coefficient (Wildman–Crippen LogP) is 3.35. The van der Waals surface area contributed by atoms with Crippen LogP contribution in [0.25, 0.3) is 0 Å². The Morgan fingerprint density at radius 3 is 2.75 bits per heavy atom. The molecule has 5 heteroatoms. The molecular weight excluding hydrogens is 276 g/mol. The number of nitrogens with zero attached hydrogens (tertiary/aromatic N) is 1. The molecule has 2 N–H and O–H groups in total. The first-order valence-electron chi connectivity index (χ1n) is 6.39. The quantitative estimate of drug-likeness (QED) is 0.879. The van der Waals surface area contributed by atoms with Crippen molar-refractivity contribution in [3.05, 3.63) is 52.4 Å². The lowest BCUT2D eigenvalue weighted by Gasteiger charge is -2.17. The minimum Gasteiger partial charge on any atom is -0.456 e. The second-order valence-electron chi connectivity index (χ2n) is 4.63. The second-order valence-corrected chi connectivity index (χ2v) is 5.04. The van der Waals surface area contributed by atoms with Gasteiger partial charge in [0.05, 0.1) is 0 Å². The van der Waals surface area contributed by atoms with Gasteiger partial charge in [-0.3, -0.25) is 4.79 Å². The van der Waals surface area contributed by atoms with Gasteiger partial charge in [-0.15, -0.1) is 0 Å². The first-order chi connectivity index (χ1) is 9.51. The van der Waals surface area contributed by atoms with Crippen LogP contribution in [0.15, 0.2) is 34.7 Å². The van der Waals surface area contributed by atoms with Crippen molar-refractivity contribution in [3.8, 4) is 0 Å². The molecule has 0 unspecified atom stereocenters. The number of carbonyl (C=O) groups is 1. The van der Waals surface area contributed by atoms with Crippen LogP contribution in [-0.4, -0.2) is 17.9 Å². The van der Waals surface area contributed by atoms with E-state index in [0.717, 1.165) is 17.7 Å². The number of amides is 1. The molecule has 1 heterocycles. The van der Waals surface area contributed by atoms with Crippen molar-refractivity contribution < 1.29 is 9.21 Å². The first-order valence-corrected chi connectivity index (χ1v) is 6.77. The van der Waals surface area contributed by atoms with E-state index in [2.05, 4.69) is 0 Å². The lowest BCUT2D eigenvalue weighted by Crippen LogP contribution is -2.26. The molecule has 1 aromatic heterocycles. The Hall–Kier alpha value is -1.94. The van der Waals surface area contributed by atoms with E-state index in [-0.39, 0.29) is 5.91 Å². The zero-order valence-electron chi connectivity index (χ0n) is 11.5. The van der Waals surface area contributed by atoms with E-state index in [0.29, 0.717) is 23.0 Å². The van der Waals surface area contributed by atoms with Gasteiger partial charge < -0.3 is 15.1 Å². The van der Waals surface area contributed by atoms with E-state index in [1.54, 1.807) is 36.2 Å². The van der Waals surface area contributed by atoms with Crippen LogP contribution >= 0.6 is 11.6 Å². The normalized spacial score (nSPS) is 10.6. The zero-order chi connectivity index (χ0) is 14.7. The van der Waals surface area contributed by atoms with Gasteiger partial charge in [0.1, 0.15) is 5.76 Å². The highest BCUT2D eigenvalue weighted by atomic mass is 35.5. The molecule has 0 aliphatic carbocycles. The van der Waals surface area contributed by atoms with Crippen LogP contribution in [0.2, 0.25) is 5.02 Å². The number of rotatable bonds is 4. The van der Waals surface area contributed by atoms with E-state index in [9.17, 15) is 4.79 Å². The summed E-state index contributed by atoms with van der Waals surface area (Å²) >= 11 is 6.10. The van der Waals surface area contributed by atoms with Gasteiger partial charge in [0.15, 0.2) is 5.76 Å². The number of nitrogens with two attached hydrogens (primary N) is 1. The molecule has 0 aliphatic rings. The van der Waals surface area contributed by atoms with Gasteiger partial charge in [0.2, 0.25) is 0 Å². The minimum atomic E-state index is -0.178. The maximum atomic E-state index is 12.2. The molecule has 0 radical (unpaired) electrons. The highest BCUT2D eigenvalue weighted by Crippen LogP contribution is 2.21. The third-order valence-corrected chi connectivity index (χ3v) is 3.41.